The molecule has 0 fully saturated rings. The molecule has 0 aliphatic rings. The van der Waals surface area contributed by atoms with Crippen molar-refractivity contribution in [3.63, 3.8) is 0 Å². The molecule has 0 atom stereocenters. The Morgan fingerprint density at radius 2 is 1.90 bits per heavy atom. The Balaban J connectivity index is 1.82. The summed E-state index contributed by atoms with van der Waals surface area (Å²) in [5.74, 6) is 0.283. The molecule has 21 heavy (non-hydrogen) atoms. The van der Waals surface area contributed by atoms with Crippen LogP contribution in [0.2, 0.25) is 0 Å². The smallest absolute Gasteiger partial charge is 0.278 e. The van der Waals surface area contributed by atoms with Crippen molar-refractivity contribution < 1.29 is 4.79 Å². The van der Waals surface area contributed by atoms with E-state index in [1.165, 1.54) is 22.2 Å². The zero-order valence-electron chi connectivity index (χ0n) is 11.3. The van der Waals surface area contributed by atoms with Crippen LogP contribution in [0, 0.1) is 0 Å². The zero-order valence-corrected chi connectivity index (χ0v) is 11.3. The number of rotatable bonds is 3. The van der Waals surface area contributed by atoms with Gasteiger partial charge in [0.15, 0.2) is 11.5 Å². The van der Waals surface area contributed by atoms with Crippen LogP contribution >= 0.6 is 0 Å². The molecule has 7 heteroatoms. The second-order valence-electron chi connectivity index (χ2n) is 4.32. The molecule has 1 amide bonds. The second kappa shape index (κ2) is 5.49. The van der Waals surface area contributed by atoms with E-state index in [-0.39, 0.29) is 11.6 Å². The van der Waals surface area contributed by atoms with Crippen LogP contribution in [0.5, 0.6) is 0 Å². The van der Waals surface area contributed by atoms with Crippen molar-refractivity contribution in [3.8, 4) is 5.82 Å². The summed E-state index contributed by atoms with van der Waals surface area (Å²) in [5.41, 5.74) is 1.06. The molecule has 0 saturated heterocycles. The molecule has 0 spiro atoms. The monoisotopic (exact) mass is 280 g/mol. The highest BCUT2D eigenvalue weighted by atomic mass is 16.2. The summed E-state index contributed by atoms with van der Waals surface area (Å²) in [6.07, 6.45) is 2.92. The third-order valence-electron chi connectivity index (χ3n) is 2.97. The topological polar surface area (TPSA) is 76.8 Å². The van der Waals surface area contributed by atoms with Crippen molar-refractivity contribution in [2.45, 2.75) is 0 Å². The minimum Gasteiger partial charge on any atom is -0.310 e. The Kier molecular flexibility index (Phi) is 3.38. The summed E-state index contributed by atoms with van der Waals surface area (Å²) in [7, 11) is 1.70. The van der Waals surface area contributed by atoms with Crippen LogP contribution in [0.15, 0.2) is 55.1 Å². The predicted octanol–water partition coefficient (Wildman–Crippen LogP) is 1.33. The fraction of sp³-hybridized carbons (Fsp3) is 0.0714. The third-order valence-corrected chi connectivity index (χ3v) is 2.97. The van der Waals surface area contributed by atoms with E-state index in [1.54, 1.807) is 19.2 Å². The average molecular weight is 280 g/mol. The molecule has 0 unspecified atom stereocenters. The molecule has 0 saturated carbocycles. The summed E-state index contributed by atoms with van der Waals surface area (Å²) in [6.45, 7) is 0. The average Bonchev–Trinajstić information content (AvgIpc) is 3.09. The normalized spacial score (nSPS) is 10.3. The largest absolute Gasteiger partial charge is 0.310 e. The van der Waals surface area contributed by atoms with Crippen LogP contribution in [0.4, 0.5) is 5.69 Å². The highest BCUT2D eigenvalue weighted by Gasteiger charge is 2.15. The van der Waals surface area contributed by atoms with Gasteiger partial charge in [-0.15, -0.1) is 10.2 Å². The highest BCUT2D eigenvalue weighted by Crippen LogP contribution is 2.13. The van der Waals surface area contributed by atoms with Gasteiger partial charge in [-0.3, -0.25) is 4.79 Å². The molecule has 0 N–H and O–H groups in total. The molecule has 3 rings (SSSR count). The second-order valence-corrected chi connectivity index (χ2v) is 4.32. The molecule has 0 aliphatic heterocycles. The maximum atomic E-state index is 12.3. The fourth-order valence-corrected chi connectivity index (χ4v) is 1.83. The third kappa shape index (κ3) is 2.62. The van der Waals surface area contributed by atoms with Crippen LogP contribution < -0.4 is 4.90 Å². The molecule has 1 aromatic carbocycles. The van der Waals surface area contributed by atoms with E-state index in [0.717, 1.165) is 5.69 Å². The van der Waals surface area contributed by atoms with Gasteiger partial charge in [0.1, 0.15) is 12.7 Å². The molecule has 0 bridgehead atoms. The van der Waals surface area contributed by atoms with Crippen molar-refractivity contribution in [3.05, 3.63) is 60.8 Å². The van der Waals surface area contributed by atoms with Crippen LogP contribution in [-0.2, 0) is 0 Å². The zero-order chi connectivity index (χ0) is 14.7. The Bertz CT molecular complexity index is 724. The number of anilines is 1. The number of benzene rings is 1. The Labute approximate surface area is 120 Å². The summed E-state index contributed by atoms with van der Waals surface area (Å²) in [5, 5.41) is 11.9. The number of carbonyl (C=O) groups is 1. The van der Waals surface area contributed by atoms with E-state index >= 15 is 0 Å². The van der Waals surface area contributed by atoms with E-state index in [9.17, 15) is 4.79 Å². The lowest BCUT2D eigenvalue weighted by molar-refractivity contribution is 0.0987. The molecule has 0 aliphatic carbocycles. The van der Waals surface area contributed by atoms with Gasteiger partial charge in [0.25, 0.3) is 5.91 Å². The van der Waals surface area contributed by atoms with Gasteiger partial charge in [-0.2, -0.15) is 5.10 Å². The molecular weight excluding hydrogens is 268 g/mol. The van der Waals surface area contributed by atoms with E-state index in [4.69, 9.17) is 0 Å². The lowest BCUT2D eigenvalue weighted by Crippen LogP contribution is -2.27. The number of amides is 1. The number of aromatic nitrogens is 5. The molecule has 0 radical (unpaired) electrons. The number of carbonyl (C=O) groups excluding carboxylic acids is 1. The minimum atomic E-state index is -0.223. The predicted molar refractivity (Wildman–Crippen MR) is 76.1 cm³/mol. The van der Waals surface area contributed by atoms with Crippen molar-refractivity contribution >= 4 is 11.6 Å². The molecule has 104 valence electrons. The van der Waals surface area contributed by atoms with E-state index in [2.05, 4.69) is 20.3 Å². The Hall–Kier alpha value is -3.09. The maximum Gasteiger partial charge on any atom is 0.278 e. The fourth-order valence-electron chi connectivity index (χ4n) is 1.83. The van der Waals surface area contributed by atoms with Crippen LogP contribution in [0.1, 0.15) is 10.5 Å². The number of hydrogen-bond acceptors (Lipinski definition) is 5. The first-order chi connectivity index (χ1) is 10.3. The van der Waals surface area contributed by atoms with Gasteiger partial charge in [0.2, 0.25) is 0 Å². The molecular formula is C14H12N6O. The van der Waals surface area contributed by atoms with Gasteiger partial charge in [-0.05, 0) is 24.3 Å². The quantitative estimate of drug-likeness (QED) is 0.723. The van der Waals surface area contributed by atoms with Crippen LogP contribution in [-0.4, -0.2) is 37.9 Å². The SMILES string of the molecule is CN(C(=O)c1ccc(-n2cncn2)nn1)c1ccccc1. The first-order valence-corrected chi connectivity index (χ1v) is 6.27. The Morgan fingerprint density at radius 1 is 1.10 bits per heavy atom. The molecule has 2 heterocycles. The van der Waals surface area contributed by atoms with Gasteiger partial charge >= 0.3 is 0 Å². The number of hydrogen-bond donors (Lipinski definition) is 0. The van der Waals surface area contributed by atoms with Gasteiger partial charge in [-0.25, -0.2) is 9.67 Å². The van der Waals surface area contributed by atoms with Crippen molar-refractivity contribution in [2.75, 3.05) is 11.9 Å². The van der Waals surface area contributed by atoms with Crippen LogP contribution in [0.25, 0.3) is 5.82 Å². The minimum absolute atomic E-state index is 0.223. The summed E-state index contributed by atoms with van der Waals surface area (Å²) in [6, 6.07) is 12.6. The summed E-state index contributed by atoms with van der Waals surface area (Å²) >= 11 is 0. The molecule has 2 aromatic heterocycles. The first-order valence-electron chi connectivity index (χ1n) is 6.27. The van der Waals surface area contributed by atoms with Crippen molar-refractivity contribution in [1.29, 1.82) is 0 Å². The van der Waals surface area contributed by atoms with E-state index in [1.807, 2.05) is 30.3 Å². The van der Waals surface area contributed by atoms with Gasteiger partial charge < -0.3 is 4.90 Å². The Morgan fingerprint density at radius 3 is 2.52 bits per heavy atom. The lowest BCUT2D eigenvalue weighted by Gasteiger charge is -2.16. The van der Waals surface area contributed by atoms with Crippen molar-refractivity contribution in [1.82, 2.24) is 25.0 Å². The van der Waals surface area contributed by atoms with E-state index in [0.29, 0.717) is 5.82 Å². The standard InChI is InChI=1S/C14H12N6O/c1-19(11-5-3-2-4-6-11)14(21)12-7-8-13(18-17-12)20-10-15-9-16-20/h2-10H,1H3. The van der Waals surface area contributed by atoms with Crippen molar-refractivity contribution in [2.24, 2.45) is 0 Å². The number of para-hydroxylation sites is 1. The van der Waals surface area contributed by atoms with Gasteiger partial charge in [0.05, 0.1) is 0 Å². The maximum absolute atomic E-state index is 12.3. The van der Waals surface area contributed by atoms with E-state index < -0.39 is 0 Å². The lowest BCUT2D eigenvalue weighted by atomic mass is 10.2. The first kappa shape index (κ1) is 12.9. The summed E-state index contributed by atoms with van der Waals surface area (Å²) < 4.78 is 1.47. The molecule has 7 nitrogen and oxygen atoms in total. The summed E-state index contributed by atoms with van der Waals surface area (Å²) in [4.78, 5) is 17.7. The van der Waals surface area contributed by atoms with Crippen LogP contribution in [0.3, 0.4) is 0 Å². The van der Waals surface area contributed by atoms with Gasteiger partial charge in [0, 0.05) is 12.7 Å². The highest BCUT2D eigenvalue weighted by molar-refractivity contribution is 6.04. The van der Waals surface area contributed by atoms with Gasteiger partial charge in [-0.1, -0.05) is 18.2 Å². The number of nitrogens with zero attached hydrogens (tertiary/aromatic N) is 6. The molecule has 3 aromatic rings.